The minimum Gasteiger partial charge on any atom is -0.345 e. The third-order valence-electron chi connectivity index (χ3n) is 4.75. The van der Waals surface area contributed by atoms with E-state index in [2.05, 4.69) is 10.6 Å². The van der Waals surface area contributed by atoms with Crippen molar-refractivity contribution in [2.24, 2.45) is 0 Å². The summed E-state index contributed by atoms with van der Waals surface area (Å²) < 4.78 is 25.5. The number of aryl methyl sites for hydroxylation is 1. The molecule has 0 aromatic heterocycles. The zero-order valence-electron chi connectivity index (χ0n) is 14.2. The van der Waals surface area contributed by atoms with Gasteiger partial charge in [0.25, 0.3) is 0 Å². The molecule has 1 saturated heterocycles. The van der Waals surface area contributed by atoms with E-state index in [9.17, 15) is 18.0 Å². The van der Waals surface area contributed by atoms with Crippen LogP contribution in [0.5, 0.6) is 0 Å². The van der Waals surface area contributed by atoms with Crippen LogP contribution >= 0.6 is 0 Å². The number of hydrogen-bond donors (Lipinski definition) is 2. The zero-order valence-corrected chi connectivity index (χ0v) is 15.1. The predicted octanol–water partition coefficient (Wildman–Crippen LogP) is 1.53. The summed E-state index contributed by atoms with van der Waals surface area (Å²) in [6, 6.07) is 5.14. The Balaban J connectivity index is 1.72. The monoisotopic (exact) mass is 365 g/mol. The highest BCUT2D eigenvalue weighted by atomic mass is 32.2. The largest absolute Gasteiger partial charge is 0.345 e. The van der Waals surface area contributed by atoms with E-state index in [1.807, 2.05) is 0 Å². The maximum Gasteiger partial charge on any atom is 0.313 e. The van der Waals surface area contributed by atoms with Crippen molar-refractivity contribution in [1.82, 2.24) is 5.32 Å². The molecule has 0 bridgehead atoms. The van der Waals surface area contributed by atoms with Crippen molar-refractivity contribution >= 4 is 33.2 Å². The molecule has 0 unspecified atom stereocenters. The van der Waals surface area contributed by atoms with E-state index in [-0.39, 0.29) is 11.8 Å². The molecule has 1 heterocycles. The van der Waals surface area contributed by atoms with Crippen LogP contribution in [0.25, 0.3) is 0 Å². The smallest absolute Gasteiger partial charge is 0.313 e. The highest BCUT2D eigenvalue weighted by molar-refractivity contribution is 7.93. The maximum atomic E-state index is 12.2. The van der Waals surface area contributed by atoms with E-state index in [1.165, 1.54) is 4.31 Å². The third-order valence-corrected chi connectivity index (χ3v) is 6.62. The van der Waals surface area contributed by atoms with Crippen molar-refractivity contribution in [1.29, 1.82) is 0 Å². The number of carbonyl (C=O) groups is 2. The predicted molar refractivity (Wildman–Crippen MR) is 96.0 cm³/mol. The third kappa shape index (κ3) is 3.95. The number of hydrogen-bond acceptors (Lipinski definition) is 4. The molecule has 7 nitrogen and oxygen atoms in total. The zero-order chi connectivity index (χ0) is 18.0. The van der Waals surface area contributed by atoms with Crippen LogP contribution < -0.4 is 14.9 Å². The second-order valence-corrected chi connectivity index (χ2v) is 8.66. The van der Waals surface area contributed by atoms with Gasteiger partial charge in [-0.2, -0.15) is 0 Å². The first-order valence-electron chi connectivity index (χ1n) is 8.60. The van der Waals surface area contributed by atoms with Gasteiger partial charge in [-0.3, -0.25) is 13.9 Å². The number of benzene rings is 1. The molecule has 8 heteroatoms. The molecule has 0 radical (unpaired) electrons. The molecule has 136 valence electrons. The highest BCUT2D eigenvalue weighted by Crippen LogP contribution is 2.28. The summed E-state index contributed by atoms with van der Waals surface area (Å²) in [6.45, 7) is 2.23. The van der Waals surface area contributed by atoms with Crippen molar-refractivity contribution in [2.75, 3.05) is 21.9 Å². The minimum absolute atomic E-state index is 0.0698. The van der Waals surface area contributed by atoms with Crippen molar-refractivity contribution < 1.29 is 18.0 Å². The Morgan fingerprint density at radius 2 is 1.84 bits per heavy atom. The van der Waals surface area contributed by atoms with E-state index < -0.39 is 21.8 Å². The second-order valence-electron chi connectivity index (χ2n) is 6.65. The fourth-order valence-electron chi connectivity index (χ4n) is 3.33. The lowest BCUT2D eigenvalue weighted by Crippen LogP contribution is -2.40. The van der Waals surface area contributed by atoms with E-state index in [4.69, 9.17) is 0 Å². The van der Waals surface area contributed by atoms with E-state index in [0.717, 1.165) is 31.2 Å². The fraction of sp³-hybridized carbons (Fsp3) is 0.529. The van der Waals surface area contributed by atoms with Gasteiger partial charge in [-0.05, 0) is 43.9 Å². The summed E-state index contributed by atoms with van der Waals surface area (Å²) in [6.07, 6.45) is 4.53. The molecular formula is C17H23N3O4S. The molecule has 2 amide bonds. The fourth-order valence-corrected chi connectivity index (χ4v) is 4.89. The number of rotatable bonds is 3. The number of amides is 2. The van der Waals surface area contributed by atoms with Gasteiger partial charge in [0.2, 0.25) is 10.0 Å². The van der Waals surface area contributed by atoms with Crippen molar-refractivity contribution in [3.63, 3.8) is 0 Å². The molecule has 2 aliphatic rings. The molecule has 1 saturated carbocycles. The lowest BCUT2D eigenvalue weighted by molar-refractivity contribution is -0.136. The molecule has 0 spiro atoms. The van der Waals surface area contributed by atoms with Gasteiger partial charge in [0.15, 0.2) is 0 Å². The number of carbonyl (C=O) groups excluding carboxylic acids is 2. The first kappa shape index (κ1) is 17.7. The van der Waals surface area contributed by atoms with Crippen LogP contribution in [0.1, 0.15) is 37.7 Å². The van der Waals surface area contributed by atoms with Gasteiger partial charge in [-0.25, -0.2) is 8.42 Å². The molecular weight excluding hydrogens is 342 g/mol. The van der Waals surface area contributed by atoms with Crippen LogP contribution in [-0.4, -0.2) is 38.6 Å². The summed E-state index contributed by atoms with van der Waals surface area (Å²) in [4.78, 5) is 24.2. The molecule has 0 atom stereocenters. The molecule has 1 aliphatic heterocycles. The van der Waals surface area contributed by atoms with Gasteiger partial charge in [0.05, 0.1) is 11.4 Å². The minimum atomic E-state index is -3.29. The normalized spacial score (nSPS) is 19.8. The van der Waals surface area contributed by atoms with Gasteiger partial charge < -0.3 is 10.6 Å². The first-order chi connectivity index (χ1) is 11.9. The molecule has 1 aromatic rings. The van der Waals surface area contributed by atoms with Gasteiger partial charge in [-0.1, -0.05) is 18.9 Å². The van der Waals surface area contributed by atoms with Crippen LogP contribution in [0.2, 0.25) is 0 Å². The number of nitrogens with zero attached hydrogens (tertiary/aromatic N) is 1. The van der Waals surface area contributed by atoms with Gasteiger partial charge in [-0.15, -0.1) is 0 Å². The van der Waals surface area contributed by atoms with Crippen LogP contribution in [0, 0.1) is 6.92 Å². The lowest BCUT2D eigenvalue weighted by Gasteiger charge is -2.19. The van der Waals surface area contributed by atoms with Gasteiger partial charge >= 0.3 is 11.8 Å². The summed E-state index contributed by atoms with van der Waals surface area (Å²) in [7, 11) is -3.29. The summed E-state index contributed by atoms with van der Waals surface area (Å²) in [5.41, 5.74) is 1.73. The molecule has 2 N–H and O–H groups in total. The van der Waals surface area contributed by atoms with Crippen LogP contribution in [-0.2, 0) is 19.6 Å². The average molecular weight is 365 g/mol. The van der Waals surface area contributed by atoms with Crippen LogP contribution in [0.3, 0.4) is 0 Å². The molecule has 3 rings (SSSR count). The topological polar surface area (TPSA) is 95.6 Å². The Morgan fingerprint density at radius 1 is 1.12 bits per heavy atom. The second kappa shape index (κ2) is 7.03. The lowest BCUT2D eigenvalue weighted by atomic mass is 10.1. The molecule has 2 fully saturated rings. The van der Waals surface area contributed by atoms with E-state index in [0.29, 0.717) is 24.3 Å². The number of sulfonamides is 1. The Bertz CT molecular complexity index is 785. The van der Waals surface area contributed by atoms with E-state index >= 15 is 0 Å². The molecule has 25 heavy (non-hydrogen) atoms. The summed E-state index contributed by atoms with van der Waals surface area (Å²) >= 11 is 0. The van der Waals surface area contributed by atoms with Crippen molar-refractivity contribution in [3.8, 4) is 0 Å². The quantitative estimate of drug-likeness (QED) is 0.794. The number of anilines is 2. The van der Waals surface area contributed by atoms with Crippen LogP contribution in [0.15, 0.2) is 18.2 Å². The highest BCUT2D eigenvalue weighted by Gasteiger charge is 2.29. The van der Waals surface area contributed by atoms with Gasteiger partial charge in [0.1, 0.15) is 0 Å². The first-order valence-corrected chi connectivity index (χ1v) is 10.2. The Kier molecular flexibility index (Phi) is 4.99. The number of nitrogens with one attached hydrogen (secondary N) is 2. The summed E-state index contributed by atoms with van der Waals surface area (Å²) in [5, 5.41) is 5.35. The molecule has 1 aromatic carbocycles. The Labute approximate surface area is 147 Å². The SMILES string of the molecule is Cc1ccc(N2CCCS2(=O)=O)cc1NC(=O)C(=O)NC1CCCC1. The average Bonchev–Trinajstić information content (AvgIpc) is 3.18. The molecule has 1 aliphatic carbocycles. The van der Waals surface area contributed by atoms with Gasteiger partial charge in [0, 0.05) is 18.3 Å². The Hall–Kier alpha value is -2.09. The summed E-state index contributed by atoms with van der Waals surface area (Å²) in [5.74, 6) is -1.24. The van der Waals surface area contributed by atoms with Crippen molar-refractivity contribution in [2.45, 2.75) is 45.1 Å². The standard InChI is InChI=1S/C17H23N3O4S/c1-12-7-8-14(20-9-4-10-25(20,23)24)11-15(12)19-17(22)16(21)18-13-5-2-3-6-13/h7-8,11,13H,2-6,9-10H2,1H3,(H,18,21)(H,19,22). The Morgan fingerprint density at radius 3 is 2.48 bits per heavy atom. The maximum absolute atomic E-state index is 12.2. The van der Waals surface area contributed by atoms with Crippen LogP contribution in [0.4, 0.5) is 11.4 Å². The van der Waals surface area contributed by atoms with Crippen molar-refractivity contribution in [3.05, 3.63) is 23.8 Å². The van der Waals surface area contributed by atoms with E-state index in [1.54, 1.807) is 25.1 Å².